The highest BCUT2D eigenvalue weighted by Crippen LogP contribution is 2.49. The van der Waals surface area contributed by atoms with Gasteiger partial charge in [0.25, 0.3) is 0 Å². The van der Waals surface area contributed by atoms with Crippen LogP contribution in [0.25, 0.3) is 64.6 Å². The molecule has 0 radical (unpaired) electrons. The molecule has 65 heavy (non-hydrogen) atoms. The number of benzene rings is 9. The molecule has 0 aliphatic rings. The highest BCUT2D eigenvalue weighted by atomic mass is 19.2. The summed E-state index contributed by atoms with van der Waals surface area (Å²) in [5, 5.41) is -23.4. The summed E-state index contributed by atoms with van der Waals surface area (Å²) in [6.07, 6.45) is 0. The van der Waals surface area contributed by atoms with Crippen molar-refractivity contribution >= 4 is 72.0 Å². The van der Waals surface area contributed by atoms with Crippen LogP contribution in [0, 0.1) is 122 Å². The summed E-state index contributed by atoms with van der Waals surface area (Å²) in [5.74, 6) is -61.4. The zero-order valence-corrected chi connectivity index (χ0v) is 30.0. The van der Waals surface area contributed by atoms with E-state index in [0.29, 0.717) is 12.1 Å². The maximum atomic E-state index is 16.3. The average molecular weight is 942 g/mol. The highest BCUT2D eigenvalue weighted by Gasteiger charge is 2.42. The van der Waals surface area contributed by atoms with Crippen molar-refractivity contribution in [1.82, 2.24) is 0 Å². The quantitative estimate of drug-likeness (QED) is 0.0415. The molecule has 3 nitrogen and oxygen atoms in total. The van der Waals surface area contributed by atoms with Crippen molar-refractivity contribution in [1.29, 1.82) is 0 Å². The molecular weight excluding hydrogens is 938 g/mol. The maximum absolute atomic E-state index is 16.3. The third kappa shape index (κ3) is 5.58. The molecule has 0 heterocycles. The number of halogens is 21. The van der Waals surface area contributed by atoms with E-state index in [0.717, 1.165) is 0 Å². The maximum Gasteiger partial charge on any atom is 0.864 e. The standard InChI is InChI=1S/C40H4BF21O3/c42-6-3-4-8(5-1-2-7(43)20(44)9(5)6)63-41(65-40-19-17(30(54)36(60)38(40)62)21(45)15-16(22(19)46)29(53)35(59)34(58)28(15)52)64-39-18-11-10-12(23(47)24(48)14(11)31(55)37(39)61)26(50)33(57)27(51)13(10)25(49)32(18)56/h1-4H. The summed E-state index contributed by atoms with van der Waals surface area (Å²) < 4.78 is 335. The van der Waals surface area contributed by atoms with E-state index in [-0.39, 0.29) is 12.1 Å². The SMILES string of the molecule is Fc1ccc2c(OB(Oc3c(F)c(F)c(F)c4c(F)c5c(F)c(F)c(F)c(F)c5c(F)c34)Oc3c(F)c(F)c4c(F)c(F)c5c(F)c(F)c(F)c6c(F)c(F)c3c4c56)ccc(F)c2c1F. The molecule has 0 aromatic heterocycles. The minimum absolute atomic E-state index is 0.238. The van der Waals surface area contributed by atoms with Crippen LogP contribution < -0.4 is 14.0 Å². The van der Waals surface area contributed by atoms with Crippen LogP contribution in [0.1, 0.15) is 0 Å². The molecule has 0 amide bonds. The molecule has 0 bridgehead atoms. The van der Waals surface area contributed by atoms with E-state index in [1.54, 1.807) is 0 Å². The summed E-state index contributed by atoms with van der Waals surface area (Å²) >= 11 is 0. The lowest BCUT2D eigenvalue weighted by Gasteiger charge is -2.23. The normalized spacial score (nSPS) is 12.1. The molecule has 0 aliphatic carbocycles. The van der Waals surface area contributed by atoms with Gasteiger partial charge in [-0.1, -0.05) is 0 Å². The van der Waals surface area contributed by atoms with Crippen molar-refractivity contribution in [2.24, 2.45) is 0 Å². The number of rotatable bonds is 6. The Balaban J connectivity index is 1.39. The fourth-order valence-corrected chi connectivity index (χ4v) is 7.45. The van der Waals surface area contributed by atoms with Gasteiger partial charge in [-0.2, -0.15) is 8.78 Å². The van der Waals surface area contributed by atoms with Gasteiger partial charge < -0.3 is 14.0 Å². The Kier molecular flexibility index (Phi) is 9.54. The van der Waals surface area contributed by atoms with Crippen molar-refractivity contribution < 1.29 is 106 Å². The second-order valence-electron chi connectivity index (χ2n) is 13.5. The monoisotopic (exact) mass is 942 g/mol. The first-order chi connectivity index (χ1) is 30.5. The van der Waals surface area contributed by atoms with Gasteiger partial charge in [0.2, 0.25) is 11.6 Å². The molecule has 0 N–H and O–H groups in total. The lowest BCUT2D eigenvalue weighted by atomic mass is 9.90. The second-order valence-corrected chi connectivity index (χ2v) is 13.5. The lowest BCUT2D eigenvalue weighted by Crippen LogP contribution is -2.38. The fraction of sp³-hybridized carbons (Fsp3) is 0. The van der Waals surface area contributed by atoms with E-state index >= 15 is 61.5 Å². The summed E-state index contributed by atoms with van der Waals surface area (Å²) in [6.45, 7) is 0. The van der Waals surface area contributed by atoms with Crippen LogP contribution in [0.4, 0.5) is 92.2 Å². The first kappa shape index (κ1) is 43.1. The number of fused-ring (bicyclic) bond motifs is 3. The molecule has 25 heteroatoms. The van der Waals surface area contributed by atoms with Gasteiger partial charge >= 0.3 is 7.32 Å². The molecule has 9 rings (SSSR count). The van der Waals surface area contributed by atoms with Crippen LogP contribution in [0.3, 0.4) is 0 Å². The van der Waals surface area contributed by atoms with E-state index in [1.807, 2.05) is 0 Å². The van der Waals surface area contributed by atoms with E-state index in [1.165, 1.54) is 0 Å². The Morgan fingerprint density at radius 2 is 0.538 bits per heavy atom. The molecular formula is C40H4BF21O3. The van der Waals surface area contributed by atoms with Crippen LogP contribution in [-0.4, -0.2) is 7.32 Å². The van der Waals surface area contributed by atoms with E-state index in [2.05, 4.69) is 0 Å². The minimum atomic E-state index is -3.67. The van der Waals surface area contributed by atoms with Crippen LogP contribution in [0.2, 0.25) is 0 Å². The molecule has 332 valence electrons. The van der Waals surface area contributed by atoms with Crippen molar-refractivity contribution in [2.75, 3.05) is 0 Å². The molecule has 9 aromatic carbocycles. The van der Waals surface area contributed by atoms with E-state index in [4.69, 9.17) is 14.0 Å². The van der Waals surface area contributed by atoms with Gasteiger partial charge in [-0.25, -0.2) is 83.4 Å². The van der Waals surface area contributed by atoms with Gasteiger partial charge in [0.05, 0.1) is 48.5 Å². The largest absolute Gasteiger partial charge is 0.864 e. The molecule has 0 unspecified atom stereocenters. The lowest BCUT2D eigenvalue weighted by molar-refractivity contribution is 0.292. The van der Waals surface area contributed by atoms with Gasteiger partial charge in [0, 0.05) is 16.2 Å². The Morgan fingerprint density at radius 3 is 1.03 bits per heavy atom. The van der Waals surface area contributed by atoms with Crippen LogP contribution in [-0.2, 0) is 0 Å². The van der Waals surface area contributed by atoms with Gasteiger partial charge in [0.15, 0.2) is 105 Å². The summed E-state index contributed by atoms with van der Waals surface area (Å²) in [5.41, 5.74) is 0. The Morgan fingerprint density at radius 1 is 0.231 bits per heavy atom. The Labute approximate surface area is 341 Å². The summed E-state index contributed by atoms with van der Waals surface area (Å²) in [4.78, 5) is 0. The average Bonchev–Trinajstić information content (AvgIpc) is 3.26. The van der Waals surface area contributed by atoms with Crippen LogP contribution >= 0.6 is 0 Å². The predicted molar refractivity (Wildman–Crippen MR) is 182 cm³/mol. The van der Waals surface area contributed by atoms with Gasteiger partial charge in [-0.15, -0.1) is 0 Å². The zero-order chi connectivity index (χ0) is 47.3. The highest BCUT2D eigenvalue weighted by molar-refractivity contribution is 6.41. The van der Waals surface area contributed by atoms with Crippen LogP contribution in [0.15, 0.2) is 24.3 Å². The predicted octanol–water partition coefficient (Wildman–Crippen LogP) is 13.5. The first-order valence-corrected chi connectivity index (χ1v) is 17.1. The third-order valence-electron chi connectivity index (χ3n) is 10.2. The van der Waals surface area contributed by atoms with Gasteiger partial charge in [-0.3, -0.25) is 0 Å². The van der Waals surface area contributed by atoms with Crippen molar-refractivity contribution in [3.63, 3.8) is 0 Å². The summed E-state index contributed by atoms with van der Waals surface area (Å²) in [7, 11) is -3.67. The van der Waals surface area contributed by atoms with Crippen LogP contribution in [0.5, 0.6) is 17.2 Å². The Hall–Kier alpha value is -7.21. The Bertz CT molecular complexity index is 3650. The van der Waals surface area contributed by atoms with Crippen molar-refractivity contribution in [3.05, 3.63) is 146 Å². The molecule has 0 saturated carbocycles. The summed E-state index contributed by atoms with van der Waals surface area (Å²) in [6, 6.07) is 1.37. The van der Waals surface area contributed by atoms with E-state index in [9.17, 15) is 30.7 Å². The van der Waals surface area contributed by atoms with E-state index < -0.39 is 211 Å². The number of hydrogen-bond donors (Lipinski definition) is 0. The van der Waals surface area contributed by atoms with Crippen molar-refractivity contribution in [2.45, 2.75) is 0 Å². The van der Waals surface area contributed by atoms with Gasteiger partial charge in [-0.05, 0) is 24.3 Å². The zero-order valence-electron chi connectivity index (χ0n) is 30.0. The molecule has 0 fully saturated rings. The topological polar surface area (TPSA) is 27.7 Å². The molecule has 9 aromatic rings. The van der Waals surface area contributed by atoms with Crippen molar-refractivity contribution in [3.8, 4) is 17.2 Å². The second kappa shape index (κ2) is 14.4. The smallest absolute Gasteiger partial charge is 0.489 e. The first-order valence-electron chi connectivity index (χ1n) is 17.1. The molecule has 0 spiro atoms. The third-order valence-corrected chi connectivity index (χ3v) is 10.2. The molecule has 0 aliphatic heterocycles. The fourth-order valence-electron chi connectivity index (χ4n) is 7.45. The molecule has 0 saturated heterocycles. The molecule has 0 atom stereocenters. The van der Waals surface area contributed by atoms with Gasteiger partial charge in [0.1, 0.15) is 23.2 Å². The number of hydrogen-bond acceptors (Lipinski definition) is 3. The minimum Gasteiger partial charge on any atom is -0.489 e.